The first-order valence-electron chi connectivity index (χ1n) is 10.3. The number of methoxy groups -OCH3 is 2. The van der Waals surface area contributed by atoms with Crippen molar-refractivity contribution in [2.24, 2.45) is 0 Å². The number of anilines is 1. The number of amides is 2. The first-order valence-corrected chi connectivity index (χ1v) is 10.3. The summed E-state index contributed by atoms with van der Waals surface area (Å²) in [6.07, 6.45) is 0.481. The highest BCUT2D eigenvalue weighted by atomic mass is 16.6. The summed E-state index contributed by atoms with van der Waals surface area (Å²) < 4.78 is 16.0. The predicted octanol–water partition coefficient (Wildman–Crippen LogP) is 3.23. The van der Waals surface area contributed by atoms with Crippen LogP contribution < -0.4 is 14.8 Å². The summed E-state index contributed by atoms with van der Waals surface area (Å²) in [6, 6.07) is 10.5. The summed E-state index contributed by atoms with van der Waals surface area (Å²) in [5.41, 5.74) is 0.876. The summed E-state index contributed by atoms with van der Waals surface area (Å²) in [5, 5.41) is 14.1. The van der Waals surface area contributed by atoms with Crippen LogP contribution in [0.3, 0.4) is 0 Å². The van der Waals surface area contributed by atoms with Gasteiger partial charge in [-0.15, -0.1) is 0 Å². The van der Waals surface area contributed by atoms with E-state index >= 15 is 0 Å². The van der Waals surface area contributed by atoms with Crippen molar-refractivity contribution in [2.75, 3.05) is 39.3 Å². The maximum Gasteiger partial charge on any atom is 0.278 e. The van der Waals surface area contributed by atoms with Gasteiger partial charge in [-0.1, -0.05) is 0 Å². The molecule has 2 amide bonds. The fraction of sp³-hybridized carbons (Fsp3) is 0.304. The number of imide groups is 1. The summed E-state index contributed by atoms with van der Waals surface area (Å²) in [4.78, 5) is 38.2. The van der Waals surface area contributed by atoms with Crippen LogP contribution in [-0.2, 0) is 14.3 Å². The molecule has 2 aromatic carbocycles. The molecule has 1 aliphatic rings. The van der Waals surface area contributed by atoms with Crippen molar-refractivity contribution in [3.05, 3.63) is 63.8 Å². The van der Waals surface area contributed by atoms with Crippen LogP contribution in [0.5, 0.6) is 11.5 Å². The SMILES string of the molecule is CCOCCCN1C(=O)C(Nc2cc(OC)ccc2OC)=C(c2ccc([N+](=O)[O-])cc2)C1=O. The standard InChI is InChI=1S/C23H25N3O7/c1-4-33-13-5-12-25-22(27)20(15-6-8-16(9-7-15)26(29)30)21(23(25)28)24-18-14-17(31-2)10-11-19(18)32-3/h6-11,14,24H,4-5,12-13H2,1-3H3. The van der Waals surface area contributed by atoms with Gasteiger partial charge in [-0.3, -0.25) is 24.6 Å². The number of non-ortho nitro benzene ring substituents is 1. The normalized spacial score (nSPS) is 13.5. The largest absolute Gasteiger partial charge is 0.497 e. The number of ether oxygens (including phenoxy) is 3. The molecule has 10 heteroatoms. The van der Waals surface area contributed by atoms with E-state index < -0.39 is 16.7 Å². The van der Waals surface area contributed by atoms with Crippen molar-refractivity contribution < 1.29 is 28.7 Å². The third-order valence-electron chi connectivity index (χ3n) is 5.08. The Balaban J connectivity index is 2.02. The fourth-order valence-corrected chi connectivity index (χ4v) is 3.43. The second-order valence-corrected chi connectivity index (χ2v) is 7.06. The van der Waals surface area contributed by atoms with E-state index in [0.717, 1.165) is 4.90 Å². The quantitative estimate of drug-likeness (QED) is 0.237. The molecule has 174 valence electrons. The molecule has 0 unspecified atom stereocenters. The second-order valence-electron chi connectivity index (χ2n) is 7.06. The van der Waals surface area contributed by atoms with Gasteiger partial charge in [-0.2, -0.15) is 0 Å². The smallest absolute Gasteiger partial charge is 0.278 e. The molecule has 3 rings (SSSR count). The number of carbonyl (C=O) groups excluding carboxylic acids is 2. The minimum atomic E-state index is -0.528. The number of hydrogen-bond donors (Lipinski definition) is 1. The van der Waals surface area contributed by atoms with Gasteiger partial charge < -0.3 is 19.5 Å². The van der Waals surface area contributed by atoms with Gasteiger partial charge in [0, 0.05) is 38.0 Å². The predicted molar refractivity (Wildman–Crippen MR) is 121 cm³/mol. The Hall–Kier alpha value is -3.92. The number of nitro benzene ring substituents is 1. The molecule has 0 saturated carbocycles. The highest BCUT2D eigenvalue weighted by Crippen LogP contribution is 2.35. The van der Waals surface area contributed by atoms with E-state index in [4.69, 9.17) is 14.2 Å². The summed E-state index contributed by atoms with van der Waals surface area (Å²) >= 11 is 0. The number of rotatable bonds is 11. The summed E-state index contributed by atoms with van der Waals surface area (Å²) in [6.45, 7) is 2.99. The molecule has 0 spiro atoms. The monoisotopic (exact) mass is 455 g/mol. The second kappa shape index (κ2) is 10.6. The molecule has 0 radical (unpaired) electrons. The molecular weight excluding hydrogens is 430 g/mol. The van der Waals surface area contributed by atoms with Gasteiger partial charge in [0.15, 0.2) is 0 Å². The lowest BCUT2D eigenvalue weighted by Gasteiger charge is -2.16. The Morgan fingerprint density at radius 2 is 1.76 bits per heavy atom. The molecule has 1 aliphatic heterocycles. The maximum atomic E-state index is 13.3. The van der Waals surface area contributed by atoms with E-state index in [0.29, 0.717) is 42.4 Å². The van der Waals surface area contributed by atoms with Gasteiger partial charge >= 0.3 is 0 Å². The van der Waals surface area contributed by atoms with Crippen molar-refractivity contribution in [2.45, 2.75) is 13.3 Å². The van der Waals surface area contributed by atoms with Gasteiger partial charge in [-0.05, 0) is 43.2 Å². The van der Waals surface area contributed by atoms with E-state index in [-0.39, 0.29) is 23.5 Å². The van der Waals surface area contributed by atoms with Crippen molar-refractivity contribution >= 4 is 28.8 Å². The van der Waals surface area contributed by atoms with Crippen LogP contribution in [0.15, 0.2) is 48.2 Å². The number of nitrogens with zero attached hydrogens (tertiary/aromatic N) is 2. The fourth-order valence-electron chi connectivity index (χ4n) is 3.43. The number of nitro groups is 1. The van der Waals surface area contributed by atoms with E-state index in [1.807, 2.05) is 6.92 Å². The lowest BCUT2D eigenvalue weighted by Crippen LogP contribution is -2.34. The molecule has 1 N–H and O–H groups in total. The molecule has 0 aromatic heterocycles. The zero-order valence-corrected chi connectivity index (χ0v) is 18.6. The van der Waals surface area contributed by atoms with Gasteiger partial charge in [0.1, 0.15) is 17.2 Å². The van der Waals surface area contributed by atoms with Crippen LogP contribution in [0.2, 0.25) is 0 Å². The van der Waals surface area contributed by atoms with E-state index in [2.05, 4.69) is 5.32 Å². The van der Waals surface area contributed by atoms with Crippen LogP contribution in [0, 0.1) is 10.1 Å². The molecule has 2 aromatic rings. The van der Waals surface area contributed by atoms with Crippen molar-refractivity contribution in [1.82, 2.24) is 4.90 Å². The molecule has 0 aliphatic carbocycles. The number of carbonyl (C=O) groups is 2. The zero-order chi connectivity index (χ0) is 24.0. The molecular formula is C23H25N3O7. The van der Waals surface area contributed by atoms with E-state index in [1.54, 1.807) is 18.2 Å². The molecule has 0 atom stereocenters. The van der Waals surface area contributed by atoms with Crippen LogP contribution in [0.4, 0.5) is 11.4 Å². The number of hydrogen-bond acceptors (Lipinski definition) is 8. The molecule has 0 fully saturated rings. The Bertz CT molecular complexity index is 1080. The van der Waals surface area contributed by atoms with Gasteiger partial charge in [-0.25, -0.2) is 0 Å². The van der Waals surface area contributed by atoms with Gasteiger partial charge in [0.25, 0.3) is 17.5 Å². The first-order chi connectivity index (χ1) is 15.9. The number of nitrogens with one attached hydrogen (secondary N) is 1. The molecule has 0 bridgehead atoms. The third-order valence-corrected chi connectivity index (χ3v) is 5.08. The lowest BCUT2D eigenvalue weighted by molar-refractivity contribution is -0.384. The van der Waals surface area contributed by atoms with Gasteiger partial charge in [0.2, 0.25) is 0 Å². The Kier molecular flexibility index (Phi) is 7.62. The highest BCUT2D eigenvalue weighted by Gasteiger charge is 2.39. The lowest BCUT2D eigenvalue weighted by atomic mass is 10.0. The van der Waals surface area contributed by atoms with Crippen molar-refractivity contribution in [1.29, 1.82) is 0 Å². The maximum absolute atomic E-state index is 13.3. The van der Waals surface area contributed by atoms with E-state index in [9.17, 15) is 19.7 Å². The number of benzene rings is 2. The topological polar surface area (TPSA) is 120 Å². The van der Waals surface area contributed by atoms with Crippen molar-refractivity contribution in [3.8, 4) is 11.5 Å². The first kappa shape index (κ1) is 23.7. The zero-order valence-electron chi connectivity index (χ0n) is 18.6. The van der Waals surface area contributed by atoms with Crippen LogP contribution in [0.25, 0.3) is 5.57 Å². The highest BCUT2D eigenvalue weighted by molar-refractivity contribution is 6.36. The van der Waals surface area contributed by atoms with Crippen LogP contribution in [-0.4, -0.2) is 55.6 Å². The molecule has 1 heterocycles. The average molecular weight is 455 g/mol. The average Bonchev–Trinajstić information content (AvgIpc) is 3.05. The molecule has 33 heavy (non-hydrogen) atoms. The van der Waals surface area contributed by atoms with Gasteiger partial charge in [0.05, 0.1) is 30.4 Å². The minimum Gasteiger partial charge on any atom is -0.497 e. The minimum absolute atomic E-state index is 0.0526. The Morgan fingerprint density at radius 3 is 2.36 bits per heavy atom. The van der Waals surface area contributed by atoms with Crippen LogP contribution >= 0.6 is 0 Å². The van der Waals surface area contributed by atoms with E-state index in [1.165, 1.54) is 38.5 Å². The van der Waals surface area contributed by atoms with Crippen LogP contribution in [0.1, 0.15) is 18.9 Å². The Labute approximate surface area is 190 Å². The van der Waals surface area contributed by atoms with Crippen molar-refractivity contribution in [3.63, 3.8) is 0 Å². The summed E-state index contributed by atoms with van der Waals surface area (Å²) in [7, 11) is 3.00. The molecule has 10 nitrogen and oxygen atoms in total. The third kappa shape index (κ3) is 5.12. The summed E-state index contributed by atoms with van der Waals surface area (Å²) in [5.74, 6) is -0.0213. The Morgan fingerprint density at radius 1 is 1.03 bits per heavy atom. The molecule has 0 saturated heterocycles.